The summed E-state index contributed by atoms with van der Waals surface area (Å²) >= 11 is 0. The maximum Gasteiger partial charge on any atom is 0.433 e. The molecule has 0 radical (unpaired) electrons. The Kier molecular flexibility index (Phi) is 6.08. The summed E-state index contributed by atoms with van der Waals surface area (Å²) in [4.78, 5) is 21.1. The maximum atomic E-state index is 13.3. The molecule has 3 heterocycles. The van der Waals surface area contributed by atoms with Crippen LogP contribution in [0.5, 0.6) is 5.75 Å². The van der Waals surface area contributed by atoms with Crippen LogP contribution in [-0.2, 0) is 12.7 Å². The number of nitrogens with one attached hydrogen (secondary N) is 1. The normalized spacial score (nSPS) is 12.7. The van der Waals surface area contributed by atoms with E-state index >= 15 is 0 Å². The van der Waals surface area contributed by atoms with Gasteiger partial charge in [0.15, 0.2) is 11.5 Å². The summed E-state index contributed by atoms with van der Waals surface area (Å²) in [5, 5.41) is 3.96. The van der Waals surface area contributed by atoms with Crippen LogP contribution in [0.25, 0.3) is 33.3 Å². The van der Waals surface area contributed by atoms with E-state index in [-0.39, 0.29) is 35.2 Å². The summed E-state index contributed by atoms with van der Waals surface area (Å²) in [6, 6.07) is 13.7. The molecule has 3 N–H and O–H groups in total. The van der Waals surface area contributed by atoms with Gasteiger partial charge in [-0.05, 0) is 43.3 Å². The van der Waals surface area contributed by atoms with Crippen LogP contribution in [0.3, 0.4) is 0 Å². The predicted octanol–water partition coefficient (Wildman–Crippen LogP) is 5.61. The van der Waals surface area contributed by atoms with Gasteiger partial charge in [-0.1, -0.05) is 18.2 Å². The molecule has 0 fully saturated rings. The van der Waals surface area contributed by atoms with E-state index in [2.05, 4.69) is 15.3 Å². The molecule has 1 atom stereocenters. The fourth-order valence-corrected chi connectivity index (χ4v) is 3.99. The fourth-order valence-electron chi connectivity index (χ4n) is 3.99. The number of para-hydroxylation sites is 1. The molecule has 0 aliphatic heterocycles. The summed E-state index contributed by atoms with van der Waals surface area (Å²) in [6.45, 7) is 1.73. The number of hydrogen-bond acceptors (Lipinski definition) is 7. The second-order valence-corrected chi connectivity index (χ2v) is 8.36. The third kappa shape index (κ3) is 4.60. The van der Waals surface area contributed by atoms with E-state index in [9.17, 15) is 18.0 Å². The molecule has 5 aromatic rings. The first-order valence-corrected chi connectivity index (χ1v) is 11.2. The van der Waals surface area contributed by atoms with E-state index in [4.69, 9.17) is 19.3 Å². The number of ether oxygens (including phenoxy) is 1. The SMILES string of the molecule is COc1ccc(-c2nc(C(=O)NCc3cc4ccccc4o3)c([C@H](C)N)o2)c2ccc(C(F)(F)F)nc12. The summed E-state index contributed by atoms with van der Waals surface area (Å²) in [6.07, 6.45) is -4.63. The molecule has 1 amide bonds. The molecule has 2 aromatic carbocycles. The molecule has 0 aliphatic carbocycles. The lowest BCUT2D eigenvalue weighted by molar-refractivity contribution is -0.140. The number of alkyl halides is 3. The zero-order valence-corrected chi connectivity index (χ0v) is 19.7. The van der Waals surface area contributed by atoms with Crippen LogP contribution < -0.4 is 15.8 Å². The average molecular weight is 510 g/mol. The Hall–Kier alpha value is -4.38. The van der Waals surface area contributed by atoms with E-state index in [1.807, 2.05) is 30.3 Å². The number of methoxy groups -OCH3 is 1. The lowest BCUT2D eigenvalue weighted by Gasteiger charge is -2.11. The van der Waals surface area contributed by atoms with Crippen molar-refractivity contribution in [3.63, 3.8) is 0 Å². The van der Waals surface area contributed by atoms with Crippen molar-refractivity contribution in [1.82, 2.24) is 15.3 Å². The van der Waals surface area contributed by atoms with Crippen LogP contribution in [0.2, 0.25) is 0 Å². The van der Waals surface area contributed by atoms with Crippen LogP contribution in [-0.4, -0.2) is 23.0 Å². The molecular formula is C26H21F3N4O4. The Balaban J connectivity index is 1.50. The topological polar surface area (TPSA) is 116 Å². The number of halogens is 3. The Morgan fingerprint density at radius 2 is 1.89 bits per heavy atom. The first-order chi connectivity index (χ1) is 17.7. The third-order valence-corrected chi connectivity index (χ3v) is 5.74. The number of nitrogens with zero attached hydrogens (tertiary/aromatic N) is 2. The zero-order valence-electron chi connectivity index (χ0n) is 19.7. The van der Waals surface area contributed by atoms with Crippen LogP contribution in [0.15, 0.2) is 63.4 Å². The number of furan rings is 1. The lowest BCUT2D eigenvalue weighted by Crippen LogP contribution is -2.25. The first-order valence-electron chi connectivity index (χ1n) is 11.2. The maximum absolute atomic E-state index is 13.3. The Morgan fingerprint density at radius 1 is 1.11 bits per heavy atom. The highest BCUT2D eigenvalue weighted by Gasteiger charge is 2.33. The van der Waals surface area contributed by atoms with Crippen LogP contribution in [0.4, 0.5) is 13.2 Å². The largest absolute Gasteiger partial charge is 0.494 e. The number of benzene rings is 2. The second-order valence-electron chi connectivity index (χ2n) is 8.36. The van der Waals surface area contributed by atoms with Gasteiger partial charge in [-0.25, -0.2) is 9.97 Å². The van der Waals surface area contributed by atoms with Gasteiger partial charge in [0, 0.05) is 16.3 Å². The van der Waals surface area contributed by atoms with Crippen molar-refractivity contribution >= 4 is 27.8 Å². The molecule has 0 spiro atoms. The van der Waals surface area contributed by atoms with Gasteiger partial charge in [-0.2, -0.15) is 13.2 Å². The van der Waals surface area contributed by atoms with Crippen molar-refractivity contribution in [2.24, 2.45) is 5.73 Å². The van der Waals surface area contributed by atoms with Crippen molar-refractivity contribution in [1.29, 1.82) is 0 Å². The van der Waals surface area contributed by atoms with Gasteiger partial charge in [0.2, 0.25) is 5.89 Å². The molecule has 0 unspecified atom stereocenters. The van der Waals surface area contributed by atoms with E-state index in [0.29, 0.717) is 22.3 Å². The monoisotopic (exact) mass is 510 g/mol. The molecule has 0 aliphatic rings. The van der Waals surface area contributed by atoms with Gasteiger partial charge in [0.25, 0.3) is 5.91 Å². The van der Waals surface area contributed by atoms with Gasteiger partial charge in [0.05, 0.1) is 19.7 Å². The van der Waals surface area contributed by atoms with Gasteiger partial charge < -0.3 is 24.6 Å². The molecule has 11 heteroatoms. The Bertz CT molecular complexity index is 1590. The predicted molar refractivity (Wildman–Crippen MR) is 129 cm³/mol. The van der Waals surface area contributed by atoms with Crippen LogP contribution in [0, 0.1) is 0 Å². The average Bonchev–Trinajstić information content (AvgIpc) is 3.50. The van der Waals surface area contributed by atoms with Crippen molar-refractivity contribution in [3.05, 3.63) is 77.5 Å². The van der Waals surface area contributed by atoms with Crippen molar-refractivity contribution in [2.45, 2.75) is 25.7 Å². The van der Waals surface area contributed by atoms with Crippen molar-refractivity contribution in [3.8, 4) is 17.2 Å². The number of aromatic nitrogens is 2. The molecule has 5 rings (SSSR count). The number of pyridine rings is 1. The van der Waals surface area contributed by atoms with Crippen LogP contribution >= 0.6 is 0 Å². The van der Waals surface area contributed by atoms with Gasteiger partial charge in [0.1, 0.15) is 28.3 Å². The zero-order chi connectivity index (χ0) is 26.3. The molecule has 0 saturated heterocycles. The van der Waals surface area contributed by atoms with Crippen LogP contribution in [0.1, 0.15) is 40.7 Å². The Labute approximate surface area is 208 Å². The van der Waals surface area contributed by atoms with Crippen molar-refractivity contribution < 1.29 is 31.5 Å². The fraction of sp³-hybridized carbons (Fsp3) is 0.192. The van der Waals surface area contributed by atoms with E-state index in [1.165, 1.54) is 19.2 Å². The van der Waals surface area contributed by atoms with Gasteiger partial charge in [-0.3, -0.25) is 4.79 Å². The summed E-state index contributed by atoms with van der Waals surface area (Å²) in [7, 11) is 1.33. The summed E-state index contributed by atoms with van der Waals surface area (Å²) in [5.74, 6) is 0.287. The Morgan fingerprint density at radius 3 is 2.59 bits per heavy atom. The number of carbonyl (C=O) groups excluding carboxylic acids is 1. The minimum atomic E-state index is -4.63. The van der Waals surface area contributed by atoms with E-state index < -0.39 is 23.8 Å². The number of rotatable bonds is 6. The molecular weight excluding hydrogens is 489 g/mol. The van der Waals surface area contributed by atoms with Gasteiger partial charge >= 0.3 is 6.18 Å². The number of amides is 1. The second kappa shape index (κ2) is 9.25. The van der Waals surface area contributed by atoms with Gasteiger partial charge in [-0.15, -0.1) is 0 Å². The summed E-state index contributed by atoms with van der Waals surface area (Å²) in [5.41, 5.74) is 5.94. The number of carbonyl (C=O) groups is 1. The minimum absolute atomic E-state index is 0.00963. The smallest absolute Gasteiger partial charge is 0.433 e. The van der Waals surface area contributed by atoms with E-state index in [0.717, 1.165) is 11.5 Å². The molecule has 0 saturated carbocycles. The van der Waals surface area contributed by atoms with E-state index in [1.54, 1.807) is 13.0 Å². The molecule has 8 nitrogen and oxygen atoms in total. The highest BCUT2D eigenvalue weighted by molar-refractivity contribution is 5.98. The molecule has 37 heavy (non-hydrogen) atoms. The number of hydrogen-bond donors (Lipinski definition) is 2. The standard InChI is InChI=1S/C26H21F3N4O4/c1-13(30)23-22(24(34)31-12-15-11-14-5-3-4-6-18(14)36-15)33-25(37-23)17-7-9-19(35-2)21-16(17)8-10-20(32-21)26(27,28)29/h3-11,13H,12,30H2,1-2H3,(H,31,34)/t13-/m0/s1. The molecule has 190 valence electrons. The lowest BCUT2D eigenvalue weighted by atomic mass is 10.1. The highest BCUT2D eigenvalue weighted by atomic mass is 19.4. The minimum Gasteiger partial charge on any atom is -0.494 e. The highest BCUT2D eigenvalue weighted by Crippen LogP contribution is 2.37. The summed E-state index contributed by atoms with van der Waals surface area (Å²) < 4.78 is 56.6. The third-order valence-electron chi connectivity index (χ3n) is 5.74. The molecule has 0 bridgehead atoms. The quantitative estimate of drug-likeness (QED) is 0.305. The number of fused-ring (bicyclic) bond motifs is 2. The van der Waals surface area contributed by atoms with Crippen molar-refractivity contribution in [2.75, 3.05) is 7.11 Å². The molecule has 3 aromatic heterocycles. The number of nitrogens with two attached hydrogens (primary N) is 1. The number of oxazole rings is 1. The first kappa shape index (κ1) is 24.3.